The third kappa shape index (κ3) is 5.50. The molecule has 0 saturated carbocycles. The number of hydrogen-bond donors (Lipinski definition) is 2. The van der Waals surface area contributed by atoms with E-state index in [1.54, 1.807) is 29.1 Å². The number of hydrogen-bond acceptors (Lipinski definition) is 6. The van der Waals surface area contributed by atoms with Gasteiger partial charge in [0.1, 0.15) is 6.73 Å². The van der Waals surface area contributed by atoms with Gasteiger partial charge in [0.25, 0.3) is 0 Å². The van der Waals surface area contributed by atoms with Gasteiger partial charge < -0.3 is 9.30 Å². The molecule has 0 spiro atoms. The van der Waals surface area contributed by atoms with Crippen LogP contribution in [-0.4, -0.2) is 50.1 Å². The molecule has 3 heterocycles. The number of hydroxylamine groups is 1. The number of benzene rings is 1. The van der Waals surface area contributed by atoms with Gasteiger partial charge in [0.05, 0.1) is 29.5 Å². The van der Waals surface area contributed by atoms with Gasteiger partial charge in [0, 0.05) is 44.6 Å². The van der Waals surface area contributed by atoms with Crippen LogP contribution in [0.5, 0.6) is 0 Å². The first-order chi connectivity index (χ1) is 17.6. The van der Waals surface area contributed by atoms with Crippen LogP contribution in [0.15, 0.2) is 48.9 Å². The average Bonchev–Trinajstić information content (AvgIpc) is 3.46. The molecule has 0 aliphatic rings. The zero-order chi connectivity index (χ0) is 26.7. The molecule has 0 aliphatic carbocycles. The van der Waals surface area contributed by atoms with E-state index in [2.05, 4.69) is 34.7 Å². The van der Waals surface area contributed by atoms with Gasteiger partial charge in [-0.15, -0.1) is 0 Å². The second kappa shape index (κ2) is 10.7. The maximum absolute atomic E-state index is 15.5. The Kier molecular flexibility index (Phi) is 7.62. The molecule has 4 rings (SSSR count). The minimum atomic E-state index is -1.28. The van der Waals surface area contributed by atoms with E-state index in [1.807, 2.05) is 0 Å². The van der Waals surface area contributed by atoms with Gasteiger partial charge in [0.2, 0.25) is 5.82 Å². The summed E-state index contributed by atoms with van der Waals surface area (Å²) in [5.74, 6) is -3.22. The molecule has 37 heavy (non-hydrogen) atoms. The van der Waals surface area contributed by atoms with Crippen LogP contribution in [0.1, 0.15) is 10.6 Å². The largest absolute Gasteiger partial charge is 0.360 e. The fourth-order valence-electron chi connectivity index (χ4n) is 3.86. The molecule has 1 amide bonds. The zero-order valence-corrected chi connectivity index (χ0v) is 22.0. The Hall–Kier alpha value is -3.74. The summed E-state index contributed by atoms with van der Waals surface area (Å²) in [5.41, 5.74) is 2.97. The van der Waals surface area contributed by atoms with Crippen LogP contribution in [-0.2, 0) is 18.5 Å². The lowest BCUT2D eigenvalue weighted by atomic mass is 10.0. The van der Waals surface area contributed by atoms with Crippen LogP contribution >= 0.6 is 0 Å². The lowest BCUT2D eigenvalue weighted by Crippen LogP contribution is -2.22. The van der Waals surface area contributed by atoms with Gasteiger partial charge in [-0.1, -0.05) is 31.8 Å². The standard InChI is InChI=1S/C25H28F2N6O3Si/c1-32-20(14-29-24(32)25(34)31-35)17-9-8-16(21(26)22(17)27)18-13-30-33(15-36-11-12-37(2,3)4)23(18)19-7-5-6-10-28-19/h5-10,13-14,35H,11-12,15H2,1-4H3,(H,31,34). The number of nitrogens with zero attached hydrogens (tertiary/aromatic N) is 5. The van der Waals surface area contributed by atoms with E-state index in [0.717, 1.165) is 6.04 Å². The summed E-state index contributed by atoms with van der Waals surface area (Å²) in [6, 6.07) is 9.19. The molecule has 0 radical (unpaired) electrons. The van der Waals surface area contributed by atoms with Gasteiger partial charge in [-0.05, 0) is 24.2 Å². The fraction of sp³-hybridized carbons (Fsp3) is 0.280. The third-order valence-electron chi connectivity index (χ3n) is 5.90. The normalized spacial score (nSPS) is 11.6. The van der Waals surface area contributed by atoms with Crippen molar-refractivity contribution in [3.63, 3.8) is 0 Å². The van der Waals surface area contributed by atoms with Crippen LogP contribution in [0.25, 0.3) is 33.8 Å². The Labute approximate surface area is 213 Å². The molecule has 1 aromatic carbocycles. The second-order valence-corrected chi connectivity index (χ2v) is 15.3. The smallest absolute Gasteiger partial charge is 0.310 e. The number of ether oxygens (including phenoxy) is 1. The van der Waals surface area contributed by atoms with Crippen LogP contribution < -0.4 is 5.48 Å². The van der Waals surface area contributed by atoms with E-state index in [-0.39, 0.29) is 29.4 Å². The number of pyridine rings is 1. The number of rotatable bonds is 9. The monoisotopic (exact) mass is 526 g/mol. The number of amides is 1. The van der Waals surface area contributed by atoms with Crippen molar-refractivity contribution >= 4 is 14.0 Å². The van der Waals surface area contributed by atoms with Gasteiger partial charge in [0.15, 0.2) is 11.6 Å². The summed E-state index contributed by atoms with van der Waals surface area (Å²) in [7, 11) is 0.184. The number of carbonyl (C=O) groups excluding carboxylic acids is 1. The van der Waals surface area contributed by atoms with Gasteiger partial charge in [-0.25, -0.2) is 23.9 Å². The van der Waals surface area contributed by atoms with Crippen molar-refractivity contribution in [2.75, 3.05) is 6.61 Å². The first-order valence-corrected chi connectivity index (χ1v) is 15.3. The molecule has 0 aliphatic heterocycles. The molecule has 3 aromatic heterocycles. The predicted molar refractivity (Wildman–Crippen MR) is 136 cm³/mol. The van der Waals surface area contributed by atoms with E-state index >= 15 is 8.78 Å². The molecule has 0 atom stereocenters. The first kappa shape index (κ1) is 26.3. The van der Waals surface area contributed by atoms with Crippen LogP contribution in [0.3, 0.4) is 0 Å². The molecular formula is C25H28F2N6O3Si. The van der Waals surface area contributed by atoms with Gasteiger partial charge in [-0.3, -0.25) is 15.0 Å². The Morgan fingerprint density at radius 2 is 1.78 bits per heavy atom. The highest BCUT2D eigenvalue weighted by atomic mass is 28.3. The lowest BCUT2D eigenvalue weighted by molar-refractivity contribution is 0.0691. The summed E-state index contributed by atoms with van der Waals surface area (Å²) in [5, 5.41) is 13.3. The lowest BCUT2D eigenvalue weighted by Gasteiger charge is -2.16. The topological polar surface area (TPSA) is 107 Å². The van der Waals surface area contributed by atoms with Crippen molar-refractivity contribution < 1.29 is 23.5 Å². The summed E-state index contributed by atoms with van der Waals surface area (Å²) in [6.45, 7) is 7.50. The van der Waals surface area contributed by atoms with Crippen LogP contribution in [0, 0.1) is 11.6 Å². The van der Waals surface area contributed by atoms with Crippen LogP contribution in [0.4, 0.5) is 8.78 Å². The summed E-state index contributed by atoms with van der Waals surface area (Å²) < 4.78 is 39.6. The highest BCUT2D eigenvalue weighted by Gasteiger charge is 2.24. The third-order valence-corrected chi connectivity index (χ3v) is 7.60. The molecule has 9 nitrogen and oxygen atoms in total. The maximum Gasteiger partial charge on any atom is 0.310 e. The number of halogens is 2. The van der Waals surface area contributed by atoms with Crippen molar-refractivity contribution in [1.82, 2.24) is 29.8 Å². The number of imidazole rings is 1. The van der Waals surface area contributed by atoms with E-state index in [1.165, 1.54) is 41.6 Å². The molecular weight excluding hydrogens is 498 g/mol. The van der Waals surface area contributed by atoms with E-state index in [0.29, 0.717) is 23.6 Å². The van der Waals surface area contributed by atoms with E-state index in [9.17, 15) is 4.79 Å². The average molecular weight is 527 g/mol. The fourth-order valence-corrected chi connectivity index (χ4v) is 4.62. The maximum atomic E-state index is 15.5. The minimum Gasteiger partial charge on any atom is -0.360 e. The number of nitrogens with one attached hydrogen (secondary N) is 1. The molecule has 194 valence electrons. The highest BCUT2D eigenvalue weighted by Crippen LogP contribution is 2.36. The Bertz CT molecular complexity index is 1420. The zero-order valence-electron chi connectivity index (χ0n) is 21.0. The predicted octanol–water partition coefficient (Wildman–Crippen LogP) is 4.72. The molecule has 0 saturated heterocycles. The summed E-state index contributed by atoms with van der Waals surface area (Å²) in [6.07, 6.45) is 4.32. The molecule has 0 unspecified atom stereocenters. The number of carbonyl (C=O) groups is 1. The molecule has 2 N–H and O–H groups in total. The summed E-state index contributed by atoms with van der Waals surface area (Å²) >= 11 is 0. The molecule has 0 bridgehead atoms. The van der Waals surface area contributed by atoms with Crippen molar-refractivity contribution in [3.05, 3.63) is 66.4 Å². The van der Waals surface area contributed by atoms with Crippen LogP contribution in [0.2, 0.25) is 25.7 Å². The quantitative estimate of drug-likeness (QED) is 0.141. The Morgan fingerprint density at radius 3 is 2.46 bits per heavy atom. The van der Waals surface area contributed by atoms with Crippen molar-refractivity contribution in [2.45, 2.75) is 32.4 Å². The van der Waals surface area contributed by atoms with Gasteiger partial charge in [-0.2, -0.15) is 5.10 Å². The van der Waals surface area contributed by atoms with Crippen molar-refractivity contribution in [3.8, 4) is 33.8 Å². The first-order valence-electron chi connectivity index (χ1n) is 11.6. The minimum absolute atomic E-state index is 0.00532. The molecule has 12 heteroatoms. The SMILES string of the molecule is Cn1c(-c2ccc(-c3cnn(COCC[Si](C)(C)C)c3-c3ccccn3)c(F)c2F)cnc1C(=O)NO. The molecule has 0 fully saturated rings. The highest BCUT2D eigenvalue weighted by molar-refractivity contribution is 6.76. The summed E-state index contributed by atoms with van der Waals surface area (Å²) in [4.78, 5) is 20.0. The van der Waals surface area contributed by atoms with Crippen molar-refractivity contribution in [1.29, 1.82) is 0 Å². The van der Waals surface area contributed by atoms with Gasteiger partial charge >= 0.3 is 5.91 Å². The van der Waals surface area contributed by atoms with E-state index in [4.69, 9.17) is 9.94 Å². The second-order valence-electron chi connectivity index (χ2n) is 9.73. The van der Waals surface area contributed by atoms with Crippen molar-refractivity contribution in [2.24, 2.45) is 7.05 Å². The number of aromatic nitrogens is 5. The molecule has 4 aromatic rings. The van der Waals surface area contributed by atoms with E-state index < -0.39 is 25.6 Å². The Morgan fingerprint density at radius 1 is 1.05 bits per heavy atom. The Balaban J connectivity index is 1.73.